The first kappa shape index (κ1) is 20.7. The standard InChI is InChI=1S/C19H23N3O4S/c1-4-15(13-7-5-12(2)6-8-13)21-17(24)11-27-19-20-14(9-16(23)22-19)10-18(25)26-3/h5-9,15H,4,10-11H2,1-3H3,(H,21,24)(H,20,22,23)/t15-/m0/s1. The molecule has 1 atom stereocenters. The number of methoxy groups -OCH3 is 1. The molecule has 0 fully saturated rings. The molecule has 0 saturated heterocycles. The van der Waals surface area contributed by atoms with Gasteiger partial charge in [-0.15, -0.1) is 0 Å². The lowest BCUT2D eigenvalue weighted by atomic mass is 10.0. The van der Waals surface area contributed by atoms with Crippen molar-refractivity contribution in [2.45, 2.75) is 37.9 Å². The second-order valence-corrected chi connectivity index (χ2v) is 6.99. The summed E-state index contributed by atoms with van der Waals surface area (Å²) in [5.74, 6) is -0.536. The van der Waals surface area contributed by atoms with E-state index < -0.39 is 5.97 Å². The summed E-state index contributed by atoms with van der Waals surface area (Å²) < 4.78 is 4.58. The number of carbonyl (C=O) groups is 2. The lowest BCUT2D eigenvalue weighted by molar-refractivity contribution is -0.139. The van der Waals surface area contributed by atoms with Crippen molar-refractivity contribution in [1.29, 1.82) is 0 Å². The quantitative estimate of drug-likeness (QED) is 0.408. The Morgan fingerprint density at radius 2 is 2.00 bits per heavy atom. The van der Waals surface area contributed by atoms with E-state index in [1.807, 2.05) is 38.1 Å². The number of aryl methyl sites for hydroxylation is 1. The molecule has 1 aromatic carbocycles. The Morgan fingerprint density at radius 3 is 2.63 bits per heavy atom. The van der Waals surface area contributed by atoms with Crippen molar-refractivity contribution in [2.75, 3.05) is 12.9 Å². The zero-order valence-electron chi connectivity index (χ0n) is 15.6. The van der Waals surface area contributed by atoms with Gasteiger partial charge in [0.1, 0.15) is 0 Å². The number of nitrogens with zero attached hydrogens (tertiary/aromatic N) is 1. The molecule has 1 aromatic heterocycles. The van der Waals surface area contributed by atoms with Crippen molar-refractivity contribution in [2.24, 2.45) is 0 Å². The molecule has 0 bridgehead atoms. The van der Waals surface area contributed by atoms with E-state index in [0.29, 0.717) is 10.9 Å². The summed E-state index contributed by atoms with van der Waals surface area (Å²) >= 11 is 1.11. The summed E-state index contributed by atoms with van der Waals surface area (Å²) in [7, 11) is 1.27. The third-order valence-corrected chi connectivity index (χ3v) is 4.76. The Labute approximate surface area is 161 Å². The maximum Gasteiger partial charge on any atom is 0.311 e. The average Bonchev–Trinajstić information content (AvgIpc) is 2.64. The van der Waals surface area contributed by atoms with Gasteiger partial charge in [-0.25, -0.2) is 4.98 Å². The van der Waals surface area contributed by atoms with Crippen molar-refractivity contribution in [3.63, 3.8) is 0 Å². The van der Waals surface area contributed by atoms with Gasteiger partial charge in [-0.3, -0.25) is 14.4 Å². The Kier molecular flexibility index (Phi) is 7.60. The summed E-state index contributed by atoms with van der Waals surface area (Å²) in [6.45, 7) is 4.02. The van der Waals surface area contributed by atoms with E-state index in [9.17, 15) is 14.4 Å². The monoisotopic (exact) mass is 389 g/mol. The van der Waals surface area contributed by atoms with Gasteiger partial charge in [0.2, 0.25) is 5.91 Å². The summed E-state index contributed by atoms with van der Waals surface area (Å²) in [6, 6.07) is 9.21. The van der Waals surface area contributed by atoms with Gasteiger partial charge in [-0.1, -0.05) is 48.5 Å². The van der Waals surface area contributed by atoms with Gasteiger partial charge in [-0.2, -0.15) is 0 Å². The highest BCUT2D eigenvalue weighted by atomic mass is 32.2. The van der Waals surface area contributed by atoms with Crippen LogP contribution in [0.5, 0.6) is 0 Å². The number of carbonyl (C=O) groups excluding carboxylic acids is 2. The van der Waals surface area contributed by atoms with Crippen molar-refractivity contribution < 1.29 is 14.3 Å². The van der Waals surface area contributed by atoms with Crippen LogP contribution >= 0.6 is 11.8 Å². The van der Waals surface area contributed by atoms with Crippen molar-refractivity contribution >= 4 is 23.6 Å². The van der Waals surface area contributed by atoms with Crippen LogP contribution in [0.4, 0.5) is 0 Å². The molecule has 0 spiro atoms. The third kappa shape index (κ3) is 6.56. The molecule has 0 aliphatic carbocycles. The number of nitrogens with one attached hydrogen (secondary N) is 2. The maximum absolute atomic E-state index is 12.3. The molecule has 2 rings (SSSR count). The molecule has 2 aromatic rings. The Balaban J connectivity index is 1.97. The Morgan fingerprint density at radius 1 is 1.30 bits per heavy atom. The number of hydrogen-bond donors (Lipinski definition) is 2. The average molecular weight is 389 g/mol. The van der Waals surface area contributed by atoms with Crippen LogP contribution < -0.4 is 10.9 Å². The molecule has 0 aliphatic rings. The second-order valence-electron chi connectivity index (χ2n) is 6.02. The molecule has 1 heterocycles. The highest BCUT2D eigenvalue weighted by Crippen LogP contribution is 2.18. The second kappa shape index (κ2) is 9.91. The summed E-state index contributed by atoms with van der Waals surface area (Å²) in [5.41, 5.74) is 2.14. The van der Waals surface area contributed by atoms with E-state index in [1.165, 1.54) is 13.2 Å². The predicted octanol–water partition coefficient (Wildman–Crippen LogP) is 2.15. The fraction of sp³-hybridized carbons (Fsp3) is 0.368. The van der Waals surface area contributed by atoms with Crippen LogP contribution in [-0.2, 0) is 20.7 Å². The van der Waals surface area contributed by atoms with Gasteiger partial charge in [-0.05, 0) is 18.9 Å². The lowest BCUT2D eigenvalue weighted by Gasteiger charge is -2.17. The molecule has 0 saturated carbocycles. The number of thioether (sulfide) groups is 1. The van der Waals surface area contributed by atoms with Gasteiger partial charge in [0.25, 0.3) is 5.56 Å². The fourth-order valence-corrected chi connectivity index (χ4v) is 3.16. The topological polar surface area (TPSA) is 101 Å². The van der Waals surface area contributed by atoms with Crippen molar-refractivity contribution in [1.82, 2.24) is 15.3 Å². The Bertz CT molecular complexity index is 849. The van der Waals surface area contributed by atoms with Gasteiger partial charge < -0.3 is 15.0 Å². The Hall–Kier alpha value is -2.61. The minimum atomic E-state index is -0.481. The largest absolute Gasteiger partial charge is 0.469 e. The lowest BCUT2D eigenvalue weighted by Crippen LogP contribution is -2.29. The first-order valence-electron chi connectivity index (χ1n) is 8.57. The van der Waals surface area contributed by atoms with E-state index in [0.717, 1.165) is 29.3 Å². The van der Waals surface area contributed by atoms with Crippen molar-refractivity contribution in [3.05, 3.63) is 57.5 Å². The van der Waals surface area contributed by atoms with E-state index >= 15 is 0 Å². The molecule has 2 N–H and O–H groups in total. The van der Waals surface area contributed by atoms with Crippen LogP contribution in [0.1, 0.15) is 36.2 Å². The first-order valence-corrected chi connectivity index (χ1v) is 9.55. The van der Waals surface area contributed by atoms with E-state index in [-0.39, 0.29) is 29.7 Å². The molecule has 0 radical (unpaired) electrons. The predicted molar refractivity (Wildman–Crippen MR) is 104 cm³/mol. The molecular weight excluding hydrogens is 366 g/mol. The number of ether oxygens (including phenoxy) is 1. The highest BCUT2D eigenvalue weighted by Gasteiger charge is 2.14. The smallest absolute Gasteiger partial charge is 0.311 e. The number of rotatable bonds is 8. The fourth-order valence-electron chi connectivity index (χ4n) is 2.45. The molecular formula is C19H23N3O4S. The van der Waals surface area contributed by atoms with Gasteiger partial charge in [0.15, 0.2) is 5.16 Å². The van der Waals surface area contributed by atoms with E-state index in [4.69, 9.17) is 0 Å². The number of aromatic nitrogens is 2. The minimum absolute atomic E-state index is 0.0728. The molecule has 7 nitrogen and oxygen atoms in total. The molecule has 0 unspecified atom stereocenters. The summed E-state index contributed by atoms with van der Waals surface area (Å²) in [4.78, 5) is 42.1. The zero-order valence-corrected chi connectivity index (χ0v) is 16.4. The number of amides is 1. The van der Waals surface area contributed by atoms with Gasteiger partial charge >= 0.3 is 5.97 Å². The minimum Gasteiger partial charge on any atom is -0.469 e. The molecule has 27 heavy (non-hydrogen) atoms. The SMILES string of the molecule is CC[C@H](NC(=O)CSc1nc(CC(=O)OC)cc(=O)[nH]1)c1ccc(C)cc1. The van der Waals surface area contributed by atoms with Crippen molar-refractivity contribution in [3.8, 4) is 0 Å². The van der Waals surface area contributed by atoms with E-state index in [2.05, 4.69) is 20.0 Å². The van der Waals surface area contributed by atoms with Crippen LogP contribution in [0.25, 0.3) is 0 Å². The number of aromatic amines is 1. The first-order chi connectivity index (χ1) is 12.9. The molecule has 1 amide bonds. The zero-order chi connectivity index (χ0) is 19.8. The number of hydrogen-bond acceptors (Lipinski definition) is 6. The van der Waals surface area contributed by atoms with Crippen LogP contribution in [0, 0.1) is 6.92 Å². The van der Waals surface area contributed by atoms with Gasteiger partial charge in [0.05, 0.1) is 31.0 Å². The number of esters is 1. The number of H-pyrrole nitrogens is 1. The summed E-state index contributed by atoms with van der Waals surface area (Å²) in [6.07, 6.45) is 0.675. The van der Waals surface area contributed by atoms with E-state index in [1.54, 1.807) is 0 Å². The van der Waals surface area contributed by atoms with Crippen LogP contribution in [-0.4, -0.2) is 34.7 Å². The molecule has 8 heteroatoms. The van der Waals surface area contributed by atoms with Crippen LogP contribution in [0.3, 0.4) is 0 Å². The molecule has 144 valence electrons. The van der Waals surface area contributed by atoms with Crippen LogP contribution in [0.15, 0.2) is 40.3 Å². The number of benzene rings is 1. The highest BCUT2D eigenvalue weighted by molar-refractivity contribution is 7.99. The van der Waals surface area contributed by atoms with Gasteiger partial charge in [0, 0.05) is 6.07 Å². The summed E-state index contributed by atoms with van der Waals surface area (Å²) in [5, 5.41) is 3.28. The normalized spacial score (nSPS) is 11.7. The third-order valence-electron chi connectivity index (χ3n) is 3.89. The molecule has 0 aliphatic heterocycles. The van der Waals surface area contributed by atoms with Crippen LogP contribution in [0.2, 0.25) is 0 Å². The maximum atomic E-state index is 12.3.